The number of aromatic nitrogens is 2. The summed E-state index contributed by atoms with van der Waals surface area (Å²) in [5.74, 6) is 0.375. The summed E-state index contributed by atoms with van der Waals surface area (Å²) in [6.45, 7) is 3.28. The molecule has 1 amide bonds. The van der Waals surface area contributed by atoms with Crippen LogP contribution in [0, 0.1) is 5.92 Å². The van der Waals surface area contributed by atoms with Crippen LogP contribution in [0.1, 0.15) is 41.6 Å². The number of amides is 1. The van der Waals surface area contributed by atoms with Crippen LogP contribution in [0.2, 0.25) is 0 Å². The number of allylic oxidation sites excluding steroid dienone is 1. The van der Waals surface area contributed by atoms with Crippen LogP contribution >= 0.6 is 0 Å². The molecule has 2 fully saturated rings. The molecule has 1 atom stereocenters. The molecule has 35 heavy (non-hydrogen) atoms. The van der Waals surface area contributed by atoms with Gasteiger partial charge < -0.3 is 24.2 Å². The molecule has 3 aromatic rings. The number of anilines is 1. The normalized spacial score (nSPS) is 21.1. The van der Waals surface area contributed by atoms with Gasteiger partial charge in [0.15, 0.2) is 5.76 Å². The number of benzene rings is 1. The molecule has 3 aliphatic heterocycles. The molecule has 0 radical (unpaired) electrons. The maximum atomic E-state index is 13.1. The molecule has 8 heteroatoms. The Hall–Kier alpha value is -3.81. The summed E-state index contributed by atoms with van der Waals surface area (Å²) in [7, 11) is 1.93. The molecule has 2 saturated heterocycles. The van der Waals surface area contributed by atoms with Crippen molar-refractivity contribution in [2.75, 3.05) is 31.1 Å². The van der Waals surface area contributed by atoms with Gasteiger partial charge in [-0.1, -0.05) is 6.07 Å². The molecule has 3 aliphatic rings. The summed E-state index contributed by atoms with van der Waals surface area (Å²) in [5.41, 5.74) is 2.81. The minimum Gasteiger partial charge on any atom is -0.507 e. The van der Waals surface area contributed by atoms with E-state index in [1.54, 1.807) is 24.4 Å². The number of nitrogens with zero attached hydrogens (tertiary/aromatic N) is 4. The number of aromatic hydroxyl groups is 1. The maximum Gasteiger partial charge on any atom is 0.235 e. The van der Waals surface area contributed by atoms with Crippen molar-refractivity contribution in [2.24, 2.45) is 13.0 Å². The fourth-order valence-electron chi connectivity index (χ4n) is 5.64. The topological polar surface area (TPSA) is 87.9 Å². The molecule has 6 rings (SSSR count). The fraction of sp³-hybridized carbons (Fsp3) is 0.370. The number of ether oxygens (including phenoxy) is 1. The van der Waals surface area contributed by atoms with Crippen LogP contribution in [0.5, 0.6) is 11.5 Å². The quantitative estimate of drug-likeness (QED) is 0.585. The lowest BCUT2D eigenvalue weighted by Crippen LogP contribution is -2.44. The Balaban J connectivity index is 1.36. The predicted molar refractivity (Wildman–Crippen MR) is 133 cm³/mol. The number of carbonyl (C=O) groups is 2. The second kappa shape index (κ2) is 8.45. The number of piperidine rings is 1. The highest BCUT2D eigenvalue weighted by Crippen LogP contribution is 2.39. The number of aryl methyl sites for hydroxylation is 1. The van der Waals surface area contributed by atoms with Gasteiger partial charge in [-0.2, -0.15) is 0 Å². The van der Waals surface area contributed by atoms with E-state index in [0.29, 0.717) is 12.3 Å². The molecule has 0 spiro atoms. The number of pyridine rings is 1. The van der Waals surface area contributed by atoms with Gasteiger partial charge in [-0.3, -0.25) is 9.59 Å². The van der Waals surface area contributed by atoms with E-state index in [1.165, 1.54) is 6.07 Å². The summed E-state index contributed by atoms with van der Waals surface area (Å²) in [6.07, 6.45) is 9.51. The number of rotatable bonds is 3. The number of hydrogen-bond donors (Lipinski definition) is 1. The average Bonchev–Trinajstić information content (AvgIpc) is 3.59. The smallest absolute Gasteiger partial charge is 0.235 e. The zero-order valence-corrected chi connectivity index (χ0v) is 19.7. The number of Topliss-reactive ketones (excluding diaryl/α,β-unsaturated/α-hetero) is 1. The van der Waals surface area contributed by atoms with Gasteiger partial charge in [0.2, 0.25) is 11.7 Å². The second-order valence-electron chi connectivity index (χ2n) is 9.63. The van der Waals surface area contributed by atoms with Crippen LogP contribution in [0.3, 0.4) is 0 Å². The Bertz CT molecular complexity index is 1370. The van der Waals surface area contributed by atoms with Gasteiger partial charge >= 0.3 is 0 Å². The summed E-state index contributed by atoms with van der Waals surface area (Å²) >= 11 is 0. The zero-order valence-electron chi connectivity index (χ0n) is 19.7. The lowest BCUT2D eigenvalue weighted by molar-refractivity contribution is -0.134. The lowest BCUT2D eigenvalue weighted by atomic mass is 9.95. The molecule has 8 nitrogen and oxygen atoms in total. The van der Waals surface area contributed by atoms with Crippen molar-refractivity contribution in [3.8, 4) is 11.5 Å². The first-order valence-corrected chi connectivity index (χ1v) is 12.3. The number of phenols is 1. The maximum absolute atomic E-state index is 13.1. The Morgan fingerprint density at radius 1 is 1.17 bits per heavy atom. The van der Waals surface area contributed by atoms with E-state index in [1.807, 2.05) is 28.8 Å². The van der Waals surface area contributed by atoms with Gasteiger partial charge in [0.1, 0.15) is 22.7 Å². The number of carbonyl (C=O) groups excluding carboxylic acids is 2. The molecule has 0 bridgehead atoms. The number of likely N-dealkylation sites (tertiary alicyclic amines) is 1. The lowest BCUT2D eigenvalue weighted by Gasteiger charge is -2.35. The SMILES string of the molecule is Cn1cc(/C=C2\Oc3cccc(O)c3C2=O)c2c(N3CCCC(C(=O)N4CCCC4)C3)ccnc21. The number of phenolic OH excluding ortho intramolecular Hbond substituents is 1. The molecule has 2 aromatic heterocycles. The van der Waals surface area contributed by atoms with Gasteiger partial charge in [-0.25, -0.2) is 4.98 Å². The first-order valence-electron chi connectivity index (χ1n) is 12.3. The van der Waals surface area contributed by atoms with E-state index in [4.69, 9.17) is 4.74 Å². The molecular formula is C27H28N4O4. The Kier molecular flexibility index (Phi) is 5.24. The van der Waals surface area contributed by atoms with E-state index in [-0.39, 0.29) is 34.7 Å². The van der Waals surface area contributed by atoms with E-state index in [0.717, 1.165) is 67.6 Å². The molecular weight excluding hydrogens is 444 g/mol. The van der Waals surface area contributed by atoms with E-state index in [2.05, 4.69) is 9.88 Å². The summed E-state index contributed by atoms with van der Waals surface area (Å²) in [6, 6.07) is 6.81. The number of hydrogen-bond acceptors (Lipinski definition) is 6. The molecule has 0 aliphatic carbocycles. The molecule has 0 saturated carbocycles. The standard InChI is InChI=1S/C27H28N4O4/c1-29-15-18(14-22-25(33)24-20(32)7-4-8-21(24)35-22)23-19(9-10-28-26(23)29)31-13-5-6-17(16-31)27(34)30-11-2-3-12-30/h4,7-10,14-15,17,32H,2-3,5-6,11-13,16H2,1H3/b22-14-. The van der Waals surface area contributed by atoms with Crippen molar-refractivity contribution >= 4 is 34.5 Å². The minimum atomic E-state index is -0.338. The van der Waals surface area contributed by atoms with Gasteiger partial charge in [0.25, 0.3) is 0 Å². The van der Waals surface area contributed by atoms with Crippen LogP contribution in [0.4, 0.5) is 5.69 Å². The van der Waals surface area contributed by atoms with Crippen LogP contribution in [-0.2, 0) is 11.8 Å². The van der Waals surface area contributed by atoms with Crippen LogP contribution < -0.4 is 9.64 Å². The first-order chi connectivity index (χ1) is 17.0. The fourth-order valence-corrected chi connectivity index (χ4v) is 5.64. The van der Waals surface area contributed by atoms with Crippen LogP contribution in [0.25, 0.3) is 17.1 Å². The second-order valence-corrected chi connectivity index (χ2v) is 9.63. The van der Waals surface area contributed by atoms with Crippen molar-refractivity contribution in [2.45, 2.75) is 25.7 Å². The summed E-state index contributed by atoms with van der Waals surface area (Å²) in [4.78, 5) is 35.0. The Morgan fingerprint density at radius 2 is 2.00 bits per heavy atom. The monoisotopic (exact) mass is 472 g/mol. The van der Waals surface area contributed by atoms with Crippen molar-refractivity contribution in [3.63, 3.8) is 0 Å². The Morgan fingerprint density at radius 3 is 2.80 bits per heavy atom. The molecule has 180 valence electrons. The van der Waals surface area contributed by atoms with E-state index < -0.39 is 0 Å². The van der Waals surface area contributed by atoms with Crippen LogP contribution in [-0.4, -0.2) is 57.4 Å². The zero-order chi connectivity index (χ0) is 24.1. The molecule has 1 unspecified atom stereocenters. The van der Waals surface area contributed by atoms with Crippen molar-refractivity contribution in [3.05, 3.63) is 53.5 Å². The first kappa shape index (κ1) is 21.7. The van der Waals surface area contributed by atoms with Gasteiger partial charge in [-0.05, 0) is 50.0 Å². The van der Waals surface area contributed by atoms with Gasteiger partial charge in [-0.15, -0.1) is 0 Å². The molecule has 1 N–H and O–H groups in total. The van der Waals surface area contributed by atoms with E-state index >= 15 is 0 Å². The summed E-state index contributed by atoms with van der Waals surface area (Å²) < 4.78 is 7.75. The number of ketones is 1. The van der Waals surface area contributed by atoms with Crippen molar-refractivity contribution in [1.29, 1.82) is 0 Å². The Labute approximate surface area is 203 Å². The minimum absolute atomic E-state index is 0.00667. The largest absolute Gasteiger partial charge is 0.507 e. The molecule has 5 heterocycles. The highest BCUT2D eigenvalue weighted by molar-refractivity contribution is 6.17. The van der Waals surface area contributed by atoms with Crippen molar-refractivity contribution in [1.82, 2.24) is 14.5 Å². The summed E-state index contributed by atoms with van der Waals surface area (Å²) in [5, 5.41) is 11.1. The van der Waals surface area contributed by atoms with E-state index in [9.17, 15) is 14.7 Å². The highest BCUT2D eigenvalue weighted by Gasteiger charge is 2.33. The number of fused-ring (bicyclic) bond motifs is 2. The average molecular weight is 473 g/mol. The third-order valence-electron chi connectivity index (χ3n) is 7.36. The molecule has 1 aromatic carbocycles. The third kappa shape index (κ3) is 3.64. The predicted octanol–water partition coefficient (Wildman–Crippen LogP) is 3.73. The van der Waals surface area contributed by atoms with Crippen LogP contribution in [0.15, 0.2) is 42.4 Å². The van der Waals surface area contributed by atoms with Gasteiger partial charge in [0.05, 0.1) is 5.92 Å². The highest BCUT2D eigenvalue weighted by atomic mass is 16.5. The van der Waals surface area contributed by atoms with Crippen molar-refractivity contribution < 1.29 is 19.4 Å². The van der Waals surface area contributed by atoms with Gasteiger partial charge in [0, 0.05) is 62.3 Å². The third-order valence-corrected chi connectivity index (χ3v) is 7.36.